The van der Waals surface area contributed by atoms with Gasteiger partial charge in [0.1, 0.15) is 5.75 Å². The molecule has 1 atom stereocenters. The van der Waals surface area contributed by atoms with Crippen LogP contribution in [0.3, 0.4) is 0 Å². The summed E-state index contributed by atoms with van der Waals surface area (Å²) in [6.07, 6.45) is 0. The summed E-state index contributed by atoms with van der Waals surface area (Å²) in [5.74, 6) is 0.363. The van der Waals surface area contributed by atoms with Gasteiger partial charge in [0.05, 0.1) is 13.0 Å². The molecule has 0 radical (unpaired) electrons. The summed E-state index contributed by atoms with van der Waals surface area (Å²) in [5, 5.41) is 8.76. The maximum atomic E-state index is 10.7. The van der Waals surface area contributed by atoms with Crippen molar-refractivity contribution in [2.45, 2.75) is 18.7 Å². The summed E-state index contributed by atoms with van der Waals surface area (Å²) in [6, 6.07) is 5.87. The Morgan fingerprint density at radius 3 is 2.75 bits per heavy atom. The molecule has 1 aromatic carbocycles. The van der Waals surface area contributed by atoms with Crippen LogP contribution >= 0.6 is 11.8 Å². The first-order valence-corrected chi connectivity index (χ1v) is 6.03. The Balaban J connectivity index is 2.62. The van der Waals surface area contributed by atoms with Crippen molar-refractivity contribution in [2.75, 3.05) is 12.9 Å². The Morgan fingerprint density at radius 2 is 2.25 bits per heavy atom. The molecule has 0 heterocycles. The lowest BCUT2D eigenvalue weighted by molar-refractivity contribution is -0.140. The van der Waals surface area contributed by atoms with Crippen molar-refractivity contribution in [1.29, 1.82) is 0 Å². The van der Waals surface area contributed by atoms with Gasteiger partial charge in [0.2, 0.25) is 0 Å². The average Bonchev–Trinajstić information content (AvgIpc) is 2.25. The van der Waals surface area contributed by atoms with E-state index in [2.05, 4.69) is 0 Å². The van der Waals surface area contributed by atoms with Crippen molar-refractivity contribution in [1.82, 2.24) is 0 Å². The van der Waals surface area contributed by atoms with Crippen molar-refractivity contribution >= 4 is 17.7 Å². The Bertz CT molecular complexity index is 377. The molecule has 1 unspecified atom stereocenters. The van der Waals surface area contributed by atoms with Gasteiger partial charge in [0, 0.05) is 10.6 Å². The first-order chi connectivity index (χ1) is 7.54. The molecule has 1 N–H and O–H groups in total. The Kier molecular flexibility index (Phi) is 4.68. The van der Waals surface area contributed by atoms with Gasteiger partial charge in [-0.1, -0.05) is 6.92 Å². The molecule has 3 nitrogen and oxygen atoms in total. The fourth-order valence-electron chi connectivity index (χ4n) is 1.23. The number of carbonyl (C=O) groups is 1. The minimum Gasteiger partial charge on any atom is -0.496 e. The highest BCUT2D eigenvalue weighted by Gasteiger charge is 2.11. The molecule has 1 aromatic rings. The van der Waals surface area contributed by atoms with Gasteiger partial charge < -0.3 is 9.84 Å². The zero-order chi connectivity index (χ0) is 12.1. The Morgan fingerprint density at radius 1 is 1.56 bits per heavy atom. The van der Waals surface area contributed by atoms with Crippen LogP contribution in [0.2, 0.25) is 0 Å². The van der Waals surface area contributed by atoms with Crippen LogP contribution in [0, 0.1) is 12.8 Å². The van der Waals surface area contributed by atoms with Crippen molar-refractivity contribution in [3.05, 3.63) is 23.8 Å². The second-order valence-corrected chi connectivity index (χ2v) is 4.78. The zero-order valence-electron chi connectivity index (χ0n) is 9.69. The normalized spacial score (nSPS) is 12.2. The molecule has 1 rings (SSSR count). The van der Waals surface area contributed by atoms with Crippen LogP contribution in [0.4, 0.5) is 0 Å². The highest BCUT2D eigenvalue weighted by molar-refractivity contribution is 7.99. The summed E-state index contributed by atoms with van der Waals surface area (Å²) < 4.78 is 5.16. The van der Waals surface area contributed by atoms with Gasteiger partial charge in [0.15, 0.2) is 0 Å². The molecule has 0 aliphatic carbocycles. The van der Waals surface area contributed by atoms with Crippen molar-refractivity contribution in [3.8, 4) is 5.75 Å². The third-order valence-corrected chi connectivity index (χ3v) is 3.54. The molecule has 0 spiro atoms. The summed E-state index contributed by atoms with van der Waals surface area (Å²) >= 11 is 1.55. The molecule has 0 saturated heterocycles. The van der Waals surface area contributed by atoms with Gasteiger partial charge in [-0.3, -0.25) is 4.79 Å². The monoisotopic (exact) mass is 240 g/mol. The van der Waals surface area contributed by atoms with Gasteiger partial charge in [-0.2, -0.15) is 0 Å². The number of carboxylic acids is 1. The van der Waals surface area contributed by atoms with Crippen LogP contribution in [-0.2, 0) is 4.79 Å². The number of aliphatic carboxylic acids is 1. The van der Waals surface area contributed by atoms with Gasteiger partial charge >= 0.3 is 5.97 Å². The minimum absolute atomic E-state index is 0.326. The van der Waals surface area contributed by atoms with E-state index in [1.165, 1.54) is 0 Å². The summed E-state index contributed by atoms with van der Waals surface area (Å²) in [4.78, 5) is 11.7. The van der Waals surface area contributed by atoms with Gasteiger partial charge in [0.25, 0.3) is 0 Å². The fraction of sp³-hybridized carbons (Fsp3) is 0.417. The number of carboxylic acid groups (broad SMARTS) is 1. The molecule has 0 aromatic heterocycles. The lowest BCUT2D eigenvalue weighted by Gasteiger charge is -2.08. The smallest absolute Gasteiger partial charge is 0.307 e. The first-order valence-electron chi connectivity index (χ1n) is 5.05. The van der Waals surface area contributed by atoms with E-state index < -0.39 is 5.97 Å². The number of aryl methyl sites for hydroxylation is 1. The molecular formula is C12H16O3S. The minimum atomic E-state index is -0.752. The number of hydrogen-bond donors (Lipinski definition) is 1. The second-order valence-electron chi connectivity index (χ2n) is 3.68. The summed E-state index contributed by atoms with van der Waals surface area (Å²) in [6.45, 7) is 3.69. The topological polar surface area (TPSA) is 46.5 Å². The summed E-state index contributed by atoms with van der Waals surface area (Å²) in [5.41, 5.74) is 1.07. The number of thioether (sulfide) groups is 1. The molecule has 16 heavy (non-hydrogen) atoms. The van der Waals surface area contributed by atoms with Crippen molar-refractivity contribution in [2.24, 2.45) is 5.92 Å². The molecular weight excluding hydrogens is 224 g/mol. The quantitative estimate of drug-likeness (QED) is 0.804. The molecule has 0 amide bonds. The standard InChI is InChI=1S/C12H16O3S/c1-8-6-10(4-5-11(8)15-3)16-7-9(2)12(13)14/h4-6,9H,7H2,1-3H3,(H,13,14). The second kappa shape index (κ2) is 5.80. The van der Waals surface area contributed by atoms with Crippen LogP contribution in [0.5, 0.6) is 5.75 Å². The average molecular weight is 240 g/mol. The van der Waals surface area contributed by atoms with Gasteiger partial charge in [-0.05, 0) is 30.7 Å². The molecule has 88 valence electrons. The number of benzene rings is 1. The van der Waals surface area contributed by atoms with E-state index in [0.717, 1.165) is 16.2 Å². The number of rotatable bonds is 5. The predicted molar refractivity (Wildman–Crippen MR) is 65.3 cm³/mol. The highest BCUT2D eigenvalue weighted by atomic mass is 32.2. The molecule has 0 saturated carbocycles. The fourth-order valence-corrected chi connectivity index (χ4v) is 2.24. The van der Waals surface area contributed by atoms with E-state index >= 15 is 0 Å². The Labute approximate surface area is 99.8 Å². The van der Waals surface area contributed by atoms with E-state index in [9.17, 15) is 4.79 Å². The van der Waals surface area contributed by atoms with E-state index in [1.54, 1.807) is 25.8 Å². The highest BCUT2D eigenvalue weighted by Crippen LogP contribution is 2.26. The zero-order valence-corrected chi connectivity index (χ0v) is 10.5. The van der Waals surface area contributed by atoms with E-state index in [4.69, 9.17) is 9.84 Å². The number of hydrogen-bond acceptors (Lipinski definition) is 3. The van der Waals surface area contributed by atoms with Crippen molar-refractivity contribution in [3.63, 3.8) is 0 Å². The number of ether oxygens (including phenoxy) is 1. The van der Waals surface area contributed by atoms with E-state index in [0.29, 0.717) is 5.75 Å². The van der Waals surface area contributed by atoms with E-state index in [1.807, 2.05) is 25.1 Å². The van der Waals surface area contributed by atoms with Crippen LogP contribution in [-0.4, -0.2) is 23.9 Å². The van der Waals surface area contributed by atoms with Crippen LogP contribution in [0.15, 0.2) is 23.1 Å². The Hall–Kier alpha value is -1.16. The van der Waals surface area contributed by atoms with Crippen LogP contribution in [0.1, 0.15) is 12.5 Å². The third-order valence-electron chi connectivity index (χ3n) is 2.29. The van der Waals surface area contributed by atoms with Crippen LogP contribution < -0.4 is 4.74 Å². The molecule has 0 bridgehead atoms. The molecule has 0 aliphatic heterocycles. The predicted octanol–water partition coefficient (Wildman–Crippen LogP) is 2.82. The molecule has 0 aliphatic rings. The van der Waals surface area contributed by atoms with Crippen molar-refractivity contribution < 1.29 is 14.6 Å². The maximum Gasteiger partial charge on any atom is 0.307 e. The first kappa shape index (κ1) is 12.9. The van der Waals surface area contributed by atoms with Crippen LogP contribution in [0.25, 0.3) is 0 Å². The maximum absolute atomic E-state index is 10.7. The lowest BCUT2D eigenvalue weighted by atomic mass is 10.2. The van der Waals surface area contributed by atoms with Gasteiger partial charge in [-0.25, -0.2) is 0 Å². The lowest BCUT2D eigenvalue weighted by Crippen LogP contribution is -2.11. The van der Waals surface area contributed by atoms with Gasteiger partial charge in [-0.15, -0.1) is 11.8 Å². The SMILES string of the molecule is COc1ccc(SCC(C)C(=O)O)cc1C. The molecule has 4 heteroatoms. The number of methoxy groups -OCH3 is 1. The summed E-state index contributed by atoms with van der Waals surface area (Å²) in [7, 11) is 1.64. The largest absolute Gasteiger partial charge is 0.496 e. The third kappa shape index (κ3) is 3.45. The van der Waals surface area contributed by atoms with E-state index in [-0.39, 0.29) is 5.92 Å². The molecule has 0 fully saturated rings.